The van der Waals surface area contributed by atoms with Crippen LogP contribution < -0.4 is 10.7 Å². The summed E-state index contributed by atoms with van der Waals surface area (Å²) in [6.07, 6.45) is 4.63. The first-order chi connectivity index (χ1) is 33.4. The number of fused-ring (bicyclic) bond motifs is 6. The van der Waals surface area contributed by atoms with Crippen molar-refractivity contribution in [2.24, 2.45) is 16.7 Å². The average Bonchev–Trinajstić information content (AvgIpc) is 3.94. The summed E-state index contributed by atoms with van der Waals surface area (Å²) in [4.78, 5) is 84.9. The molecule has 5 amide bonds. The number of ether oxygens (including phenoxy) is 3. The Bertz CT molecular complexity index is 2640. The monoisotopic (exact) mass is 979 g/mol. The van der Waals surface area contributed by atoms with Crippen molar-refractivity contribution in [3.8, 4) is 22.5 Å². The van der Waals surface area contributed by atoms with Crippen LogP contribution in [-0.4, -0.2) is 143 Å². The fourth-order valence-electron chi connectivity index (χ4n) is 10.7. The molecule has 1 spiro atoms. The Kier molecular flexibility index (Phi) is 14.8. The lowest BCUT2D eigenvalue weighted by Crippen LogP contribution is -2.64. The van der Waals surface area contributed by atoms with Crippen LogP contribution in [0.4, 0.5) is 4.79 Å². The average molecular weight is 980 g/mol. The molecule has 18 heteroatoms. The Morgan fingerprint density at radius 2 is 1.81 bits per heavy atom. The largest absolute Gasteiger partial charge is 0.492 e. The molecule has 70 heavy (non-hydrogen) atoms. The number of benzene rings is 1. The maximum Gasteiger partial charge on any atom is 0.324 e. The van der Waals surface area contributed by atoms with Crippen LogP contribution in [0.25, 0.3) is 33.4 Å². The number of hydrogen-bond acceptors (Lipinski definition) is 12. The van der Waals surface area contributed by atoms with Gasteiger partial charge in [-0.15, -0.1) is 11.3 Å². The maximum atomic E-state index is 14.7. The first-order valence-electron chi connectivity index (χ1n) is 24.5. The first kappa shape index (κ1) is 50.5. The summed E-state index contributed by atoms with van der Waals surface area (Å²) in [5, 5.41) is 8.16. The van der Waals surface area contributed by atoms with Gasteiger partial charge < -0.3 is 38.8 Å². The van der Waals surface area contributed by atoms with E-state index in [1.165, 1.54) is 28.4 Å². The van der Waals surface area contributed by atoms with Crippen LogP contribution in [0.1, 0.15) is 89.6 Å². The second-order valence-electron chi connectivity index (χ2n) is 20.6. The number of cyclic esters (lactones) is 1. The van der Waals surface area contributed by atoms with E-state index in [9.17, 15) is 24.0 Å². The highest BCUT2D eigenvalue weighted by Crippen LogP contribution is 2.43. The lowest BCUT2D eigenvalue weighted by atomic mass is 9.72. The van der Waals surface area contributed by atoms with Gasteiger partial charge in [-0.1, -0.05) is 40.3 Å². The summed E-state index contributed by atoms with van der Waals surface area (Å²) in [5.41, 5.74) is 9.21. The van der Waals surface area contributed by atoms with Crippen LogP contribution in [-0.2, 0) is 52.8 Å². The molecule has 6 bridgehead atoms. The number of aromatic nitrogens is 3. The molecule has 0 saturated carbocycles. The predicted octanol–water partition coefficient (Wildman–Crippen LogP) is 6.36. The Balaban J connectivity index is 1.09. The summed E-state index contributed by atoms with van der Waals surface area (Å²) in [5.74, 6) is -1.76. The molecule has 4 aliphatic rings. The molecule has 4 aliphatic heterocycles. The first-order valence-corrected chi connectivity index (χ1v) is 25.4. The summed E-state index contributed by atoms with van der Waals surface area (Å²) >= 11 is 1.41. The number of esters is 1. The summed E-state index contributed by atoms with van der Waals surface area (Å²) in [7, 11) is 4.75. The molecule has 7 heterocycles. The lowest BCUT2D eigenvalue weighted by Gasteiger charge is -2.54. The number of thiazole rings is 1. The number of rotatable bonds is 10. The van der Waals surface area contributed by atoms with Gasteiger partial charge in [0.25, 0.3) is 11.8 Å². The third kappa shape index (κ3) is 10.0. The molecule has 0 aliphatic carbocycles. The number of hydrogen-bond donors (Lipinski definition) is 2. The molecule has 376 valence electrons. The van der Waals surface area contributed by atoms with Gasteiger partial charge in [-0.25, -0.2) is 15.2 Å². The third-order valence-corrected chi connectivity index (χ3v) is 15.6. The van der Waals surface area contributed by atoms with Crippen molar-refractivity contribution in [3.63, 3.8) is 0 Å². The zero-order valence-electron chi connectivity index (χ0n) is 42.1. The van der Waals surface area contributed by atoms with Crippen LogP contribution in [0.3, 0.4) is 0 Å². The summed E-state index contributed by atoms with van der Waals surface area (Å²) < 4.78 is 19.3. The maximum absolute atomic E-state index is 14.7. The molecule has 2 N–H and O–H groups in total. The van der Waals surface area contributed by atoms with Gasteiger partial charge in [0.1, 0.15) is 18.1 Å². The minimum atomic E-state index is -1.08. The fraction of sp³-hybridized carbons (Fsp3) is 0.558. The van der Waals surface area contributed by atoms with Crippen LogP contribution in [0.2, 0.25) is 0 Å². The van der Waals surface area contributed by atoms with Crippen molar-refractivity contribution >= 4 is 52.0 Å². The van der Waals surface area contributed by atoms with Gasteiger partial charge in [-0.05, 0) is 81.7 Å². The number of piperidine rings is 1. The smallest absolute Gasteiger partial charge is 0.324 e. The normalized spacial score (nSPS) is 21.1. The van der Waals surface area contributed by atoms with Crippen molar-refractivity contribution in [3.05, 3.63) is 70.5 Å². The van der Waals surface area contributed by atoms with Gasteiger partial charge in [-0.3, -0.25) is 29.2 Å². The summed E-state index contributed by atoms with van der Waals surface area (Å²) in [6.45, 7) is 19.0. The van der Waals surface area contributed by atoms with Crippen molar-refractivity contribution in [1.29, 1.82) is 0 Å². The second kappa shape index (κ2) is 20.5. The number of methoxy groups -OCH3 is 2. The minimum absolute atomic E-state index is 0.0738. The van der Waals surface area contributed by atoms with Gasteiger partial charge in [0.2, 0.25) is 5.91 Å². The van der Waals surface area contributed by atoms with Crippen LogP contribution in [0.5, 0.6) is 0 Å². The molecule has 3 fully saturated rings. The molecule has 0 unspecified atom stereocenters. The zero-order valence-corrected chi connectivity index (χ0v) is 42.9. The number of nitrogens with one attached hydrogen (secondary N) is 2. The molecule has 1 aromatic carbocycles. The van der Waals surface area contributed by atoms with E-state index in [-0.39, 0.29) is 48.2 Å². The standard InChI is InChI=1S/C52H69N9O8S/c1-11-60-41-17-16-34-24-36(41)37(45(60)35-14-12-20-53-43(35)32(4)67-9)26-51(6,7)30-69-49(65)38-15-13-21-61(56-38)48(64)39(25-42-54-40(34)27-70-42)55-46(62)44(31(2)3)57(8)50(66)58-22-18-52(19-23-58)28-59(29-52)47(63)33(5)68-10/h12,14,16-17,20,24,27,31-32,38-39,44,56H,5,11,13,15,18-19,21-23,25-26,28-30H2,1-4,6-10H3,(H,55,62)/t32-,38-,39-,44-/m0/s1. The highest BCUT2D eigenvalue weighted by Gasteiger charge is 2.48. The number of carbonyl (C=O) groups is 5. The van der Waals surface area contributed by atoms with E-state index < -0.39 is 41.3 Å². The predicted molar refractivity (Wildman–Crippen MR) is 267 cm³/mol. The molecule has 17 nitrogen and oxygen atoms in total. The molecule has 3 aromatic heterocycles. The summed E-state index contributed by atoms with van der Waals surface area (Å²) in [6, 6.07) is 7.37. The molecule has 8 rings (SSSR count). The van der Waals surface area contributed by atoms with E-state index >= 15 is 0 Å². The van der Waals surface area contributed by atoms with E-state index in [0.717, 1.165) is 57.5 Å². The second-order valence-corrected chi connectivity index (χ2v) is 21.6. The van der Waals surface area contributed by atoms with Crippen LogP contribution >= 0.6 is 11.3 Å². The molecule has 3 saturated heterocycles. The Morgan fingerprint density at radius 3 is 2.50 bits per heavy atom. The van der Waals surface area contributed by atoms with Crippen LogP contribution in [0, 0.1) is 16.7 Å². The Morgan fingerprint density at radius 1 is 1.07 bits per heavy atom. The lowest BCUT2D eigenvalue weighted by molar-refractivity contribution is -0.155. The number of likely N-dealkylation sites (tertiary alicyclic amines) is 2. The molecule has 4 atom stereocenters. The van der Waals surface area contributed by atoms with Crippen molar-refractivity contribution in [2.75, 3.05) is 60.6 Å². The highest BCUT2D eigenvalue weighted by molar-refractivity contribution is 7.10. The molecule has 0 radical (unpaired) electrons. The van der Waals surface area contributed by atoms with Gasteiger partial charge in [0, 0.05) is 104 Å². The third-order valence-electron chi connectivity index (χ3n) is 14.7. The van der Waals surface area contributed by atoms with Crippen LogP contribution in [0.15, 0.2) is 54.2 Å². The number of likely N-dealkylation sites (N-methyl/N-ethyl adjacent to an activating group) is 1. The molecular formula is C52H69N9O8S. The molecular weight excluding hydrogens is 911 g/mol. The SMILES string of the molecule is C=C(OC)C(=O)N1CC2(CCN(C(=O)N(C)[C@H](C(=O)N[C@H]3Cc4nc(cs4)-c4ccc5c(c4)c(c(-c4cccnc4[C@H](C)OC)n5CC)CC(C)(C)COC(=O)[C@@H]4CCCN(N4)C3=O)C(C)C)CC2)C1. The Hall–Kier alpha value is -5.85. The van der Waals surface area contributed by atoms with E-state index in [1.807, 2.05) is 32.2 Å². The Labute approximate surface area is 414 Å². The zero-order chi connectivity index (χ0) is 50.2. The number of pyridine rings is 1. The minimum Gasteiger partial charge on any atom is -0.492 e. The van der Waals surface area contributed by atoms with E-state index in [4.69, 9.17) is 24.2 Å². The number of aryl methyl sites for hydroxylation is 1. The number of amides is 5. The van der Waals surface area contributed by atoms with Crippen molar-refractivity contribution in [2.45, 2.75) is 111 Å². The van der Waals surface area contributed by atoms with Gasteiger partial charge in [0.05, 0.1) is 41.9 Å². The number of urea groups is 1. The van der Waals surface area contributed by atoms with Gasteiger partial charge in [-0.2, -0.15) is 0 Å². The van der Waals surface area contributed by atoms with E-state index in [1.54, 1.807) is 30.2 Å². The number of carbonyl (C=O) groups excluding carboxylic acids is 5. The van der Waals surface area contributed by atoms with Gasteiger partial charge in [0.15, 0.2) is 5.76 Å². The quantitative estimate of drug-likeness (QED) is 0.103. The van der Waals surface area contributed by atoms with Crippen molar-refractivity contribution in [1.82, 2.24) is 45.0 Å². The number of hydrazine groups is 1. The number of nitrogens with zero attached hydrogens (tertiary/aromatic N) is 7. The highest BCUT2D eigenvalue weighted by atomic mass is 32.1. The van der Waals surface area contributed by atoms with E-state index in [2.05, 4.69) is 66.9 Å². The molecule has 4 aromatic rings. The topological polar surface area (TPSA) is 181 Å². The fourth-order valence-corrected chi connectivity index (χ4v) is 11.6. The van der Waals surface area contributed by atoms with E-state index in [0.29, 0.717) is 63.5 Å². The van der Waals surface area contributed by atoms with Crippen molar-refractivity contribution < 1.29 is 38.2 Å². The van der Waals surface area contributed by atoms with Gasteiger partial charge >= 0.3 is 12.0 Å².